The lowest BCUT2D eigenvalue weighted by molar-refractivity contribution is -0.108. The van der Waals surface area contributed by atoms with Gasteiger partial charge in [0, 0.05) is 6.61 Å². The normalized spacial score (nSPS) is 26.5. The zero-order valence-electron chi connectivity index (χ0n) is 10.7. The number of rotatable bonds is 5. The van der Waals surface area contributed by atoms with E-state index in [-0.39, 0.29) is 11.5 Å². The Bertz CT molecular complexity index is 345. The highest BCUT2D eigenvalue weighted by Crippen LogP contribution is 2.47. The van der Waals surface area contributed by atoms with Gasteiger partial charge in [0.25, 0.3) is 0 Å². The zero-order chi connectivity index (χ0) is 12.3. The number of benzene rings is 1. The van der Waals surface area contributed by atoms with Crippen molar-refractivity contribution in [3.05, 3.63) is 35.9 Å². The lowest BCUT2D eigenvalue weighted by Crippen LogP contribution is -2.49. The molecule has 2 atom stereocenters. The van der Waals surface area contributed by atoms with Crippen LogP contribution in [0.4, 0.5) is 0 Å². The molecule has 0 unspecified atom stereocenters. The smallest absolute Gasteiger partial charge is 0.0716 e. The van der Waals surface area contributed by atoms with E-state index in [1.165, 1.54) is 5.56 Å². The van der Waals surface area contributed by atoms with Crippen LogP contribution in [0.25, 0.3) is 0 Å². The molecule has 17 heavy (non-hydrogen) atoms. The summed E-state index contributed by atoms with van der Waals surface area (Å²) >= 11 is 0. The Hall–Kier alpha value is -0.860. The zero-order valence-corrected chi connectivity index (χ0v) is 10.7. The molecule has 1 fully saturated rings. The Balaban J connectivity index is 1.65. The minimum absolute atomic E-state index is 0.0795. The molecule has 1 N–H and O–H groups in total. The maximum Gasteiger partial charge on any atom is 0.0716 e. The molecule has 1 saturated carbocycles. The van der Waals surface area contributed by atoms with E-state index in [0.29, 0.717) is 12.5 Å². The number of aliphatic hydroxyl groups excluding tert-OH is 1. The molecule has 0 amide bonds. The average Bonchev–Trinajstić information content (AvgIpc) is 2.34. The Morgan fingerprint density at radius 3 is 2.59 bits per heavy atom. The molecule has 94 valence electrons. The van der Waals surface area contributed by atoms with E-state index < -0.39 is 0 Å². The first-order chi connectivity index (χ1) is 8.10. The van der Waals surface area contributed by atoms with Crippen LogP contribution in [-0.4, -0.2) is 17.8 Å². The first-order valence-corrected chi connectivity index (χ1v) is 6.40. The Labute approximate surface area is 104 Å². The van der Waals surface area contributed by atoms with E-state index in [1.807, 2.05) is 18.2 Å². The molecule has 1 aliphatic rings. The van der Waals surface area contributed by atoms with Gasteiger partial charge in [-0.25, -0.2) is 0 Å². The van der Waals surface area contributed by atoms with Crippen LogP contribution in [-0.2, 0) is 11.3 Å². The van der Waals surface area contributed by atoms with Crippen molar-refractivity contribution in [2.75, 3.05) is 6.61 Å². The minimum atomic E-state index is -0.123. The number of aliphatic hydroxyl groups is 1. The monoisotopic (exact) mass is 234 g/mol. The van der Waals surface area contributed by atoms with Crippen LogP contribution in [0.15, 0.2) is 30.3 Å². The molecule has 0 radical (unpaired) electrons. The van der Waals surface area contributed by atoms with E-state index in [0.717, 1.165) is 19.4 Å². The van der Waals surface area contributed by atoms with Crippen molar-refractivity contribution in [3.63, 3.8) is 0 Å². The van der Waals surface area contributed by atoms with Gasteiger partial charge < -0.3 is 9.84 Å². The predicted molar refractivity (Wildman–Crippen MR) is 68.6 cm³/mol. The summed E-state index contributed by atoms with van der Waals surface area (Å²) in [6, 6.07) is 10.2. The molecule has 0 aromatic heterocycles. The second-order valence-corrected chi connectivity index (χ2v) is 5.60. The van der Waals surface area contributed by atoms with E-state index in [2.05, 4.69) is 26.0 Å². The van der Waals surface area contributed by atoms with Crippen molar-refractivity contribution in [1.82, 2.24) is 0 Å². The quantitative estimate of drug-likeness (QED) is 0.794. The van der Waals surface area contributed by atoms with Crippen LogP contribution in [0, 0.1) is 11.3 Å². The first-order valence-electron chi connectivity index (χ1n) is 6.40. The molecule has 0 bridgehead atoms. The molecule has 0 saturated heterocycles. The van der Waals surface area contributed by atoms with Crippen molar-refractivity contribution in [3.8, 4) is 0 Å². The Kier molecular flexibility index (Phi) is 3.85. The van der Waals surface area contributed by atoms with Crippen LogP contribution < -0.4 is 0 Å². The van der Waals surface area contributed by atoms with Gasteiger partial charge in [-0.2, -0.15) is 0 Å². The molecular weight excluding hydrogens is 212 g/mol. The molecule has 2 nitrogen and oxygen atoms in total. The van der Waals surface area contributed by atoms with E-state index >= 15 is 0 Å². The predicted octanol–water partition coefficient (Wildman–Crippen LogP) is 3.00. The summed E-state index contributed by atoms with van der Waals surface area (Å²) in [6.45, 7) is 5.76. The summed E-state index contributed by atoms with van der Waals surface area (Å²) < 4.78 is 5.67. The largest absolute Gasteiger partial charge is 0.393 e. The summed E-state index contributed by atoms with van der Waals surface area (Å²) in [4.78, 5) is 0. The maximum absolute atomic E-state index is 9.64. The van der Waals surface area contributed by atoms with E-state index in [4.69, 9.17) is 4.74 Å². The van der Waals surface area contributed by atoms with Crippen molar-refractivity contribution >= 4 is 0 Å². The molecule has 2 heteroatoms. The molecule has 0 aliphatic heterocycles. The fourth-order valence-electron chi connectivity index (χ4n) is 2.47. The Morgan fingerprint density at radius 1 is 1.29 bits per heavy atom. The summed E-state index contributed by atoms with van der Waals surface area (Å²) in [5, 5.41) is 9.64. The van der Waals surface area contributed by atoms with Crippen molar-refractivity contribution in [2.24, 2.45) is 11.3 Å². The number of hydrogen-bond donors (Lipinski definition) is 1. The lowest BCUT2D eigenvalue weighted by atomic mass is 9.59. The third-order valence-electron chi connectivity index (χ3n) is 4.14. The summed E-state index contributed by atoms with van der Waals surface area (Å²) in [7, 11) is 0. The van der Waals surface area contributed by atoms with Gasteiger partial charge >= 0.3 is 0 Å². The summed E-state index contributed by atoms with van der Waals surface area (Å²) in [5.41, 5.74) is 1.30. The maximum atomic E-state index is 9.64. The van der Waals surface area contributed by atoms with Gasteiger partial charge in [-0.05, 0) is 29.7 Å². The molecular formula is C15H22O2. The SMILES string of the molecule is CC1(C)[C@H](CCOCc2ccccc2)C[C@H]1O. The van der Waals surface area contributed by atoms with Crippen LogP contribution in [0.3, 0.4) is 0 Å². The fourth-order valence-corrected chi connectivity index (χ4v) is 2.47. The van der Waals surface area contributed by atoms with Gasteiger partial charge in [0.15, 0.2) is 0 Å². The van der Waals surface area contributed by atoms with E-state index in [9.17, 15) is 5.11 Å². The topological polar surface area (TPSA) is 29.5 Å². The number of hydrogen-bond acceptors (Lipinski definition) is 2. The van der Waals surface area contributed by atoms with Crippen LogP contribution in [0.2, 0.25) is 0 Å². The third-order valence-corrected chi connectivity index (χ3v) is 4.14. The highest BCUT2D eigenvalue weighted by atomic mass is 16.5. The van der Waals surface area contributed by atoms with Crippen LogP contribution in [0.5, 0.6) is 0 Å². The summed E-state index contributed by atoms with van der Waals surface area (Å²) in [5.74, 6) is 0.605. The van der Waals surface area contributed by atoms with Crippen LogP contribution in [0.1, 0.15) is 32.3 Å². The Morgan fingerprint density at radius 2 is 2.00 bits per heavy atom. The molecule has 2 rings (SSSR count). The second-order valence-electron chi connectivity index (χ2n) is 5.60. The fraction of sp³-hybridized carbons (Fsp3) is 0.600. The average molecular weight is 234 g/mol. The van der Waals surface area contributed by atoms with Gasteiger partial charge in [0.05, 0.1) is 12.7 Å². The standard InChI is InChI=1S/C15H22O2/c1-15(2)13(10-14(15)16)8-9-17-11-12-6-4-3-5-7-12/h3-7,13-14,16H,8-11H2,1-2H3/t13-,14-/m1/s1. The van der Waals surface area contributed by atoms with Crippen molar-refractivity contribution in [2.45, 2.75) is 39.4 Å². The highest BCUT2D eigenvalue weighted by Gasteiger charge is 2.46. The minimum Gasteiger partial charge on any atom is -0.393 e. The molecule has 1 aromatic rings. The number of ether oxygens (including phenoxy) is 1. The van der Waals surface area contributed by atoms with Crippen molar-refractivity contribution in [1.29, 1.82) is 0 Å². The van der Waals surface area contributed by atoms with Gasteiger partial charge in [-0.3, -0.25) is 0 Å². The molecule has 0 heterocycles. The van der Waals surface area contributed by atoms with E-state index in [1.54, 1.807) is 0 Å². The van der Waals surface area contributed by atoms with Gasteiger partial charge in [-0.1, -0.05) is 44.2 Å². The molecule has 0 spiro atoms. The molecule has 1 aliphatic carbocycles. The third kappa shape index (κ3) is 2.88. The van der Waals surface area contributed by atoms with Crippen LogP contribution >= 0.6 is 0 Å². The van der Waals surface area contributed by atoms with Gasteiger partial charge in [0.1, 0.15) is 0 Å². The molecule has 1 aromatic carbocycles. The second kappa shape index (κ2) is 5.19. The van der Waals surface area contributed by atoms with Crippen molar-refractivity contribution < 1.29 is 9.84 Å². The van der Waals surface area contributed by atoms with Gasteiger partial charge in [0.2, 0.25) is 0 Å². The summed E-state index contributed by atoms with van der Waals surface area (Å²) in [6.07, 6.45) is 1.86. The first kappa shape index (κ1) is 12.6. The lowest BCUT2D eigenvalue weighted by Gasteiger charge is -2.49. The highest BCUT2D eigenvalue weighted by molar-refractivity contribution is 5.13. The van der Waals surface area contributed by atoms with Gasteiger partial charge in [-0.15, -0.1) is 0 Å².